The molecule has 1 atom stereocenters. The molecule has 1 aromatic carbocycles. The topological polar surface area (TPSA) is 52.5 Å². The van der Waals surface area contributed by atoms with E-state index in [9.17, 15) is 9.50 Å². The van der Waals surface area contributed by atoms with E-state index in [2.05, 4.69) is 5.32 Å². The van der Waals surface area contributed by atoms with Crippen molar-refractivity contribution in [1.82, 2.24) is 5.32 Å². The number of hydrogen-bond acceptors (Lipinski definition) is 3. The molecular formula is C11H16FNO2. The number of halogens is 1. The van der Waals surface area contributed by atoms with Crippen LogP contribution in [0, 0.1) is 5.82 Å². The molecular weight excluding hydrogens is 197 g/mol. The molecule has 3 nitrogen and oxygen atoms in total. The average molecular weight is 213 g/mol. The van der Waals surface area contributed by atoms with Gasteiger partial charge in [-0.15, -0.1) is 0 Å². The maximum atomic E-state index is 12.8. The van der Waals surface area contributed by atoms with Crippen LogP contribution in [0.1, 0.15) is 18.9 Å². The van der Waals surface area contributed by atoms with Crippen molar-refractivity contribution in [2.24, 2.45) is 0 Å². The molecule has 3 N–H and O–H groups in total. The lowest BCUT2D eigenvalue weighted by Gasteiger charge is -2.08. The number of rotatable bonds is 5. The van der Waals surface area contributed by atoms with Crippen molar-refractivity contribution in [1.29, 1.82) is 0 Å². The second-order valence-electron chi connectivity index (χ2n) is 3.59. The Morgan fingerprint density at radius 1 is 1.47 bits per heavy atom. The Labute approximate surface area is 88.6 Å². The Morgan fingerprint density at radius 2 is 2.20 bits per heavy atom. The Kier molecular flexibility index (Phi) is 4.52. The van der Waals surface area contributed by atoms with Crippen LogP contribution in [0.3, 0.4) is 0 Å². The Hall–Kier alpha value is -1.13. The molecule has 0 saturated heterocycles. The number of nitrogens with one attached hydrogen (secondary N) is 1. The van der Waals surface area contributed by atoms with E-state index in [-0.39, 0.29) is 17.7 Å². The predicted octanol–water partition coefficient (Wildman–Crippen LogP) is 1.39. The Bertz CT molecular complexity index is 315. The summed E-state index contributed by atoms with van der Waals surface area (Å²) in [4.78, 5) is 0. The smallest absolute Gasteiger partial charge is 0.123 e. The van der Waals surface area contributed by atoms with E-state index in [1.165, 1.54) is 18.2 Å². The third-order valence-electron chi connectivity index (χ3n) is 2.10. The monoisotopic (exact) mass is 213 g/mol. The van der Waals surface area contributed by atoms with E-state index in [0.717, 1.165) is 0 Å². The molecule has 0 spiro atoms. The van der Waals surface area contributed by atoms with Gasteiger partial charge in [-0.3, -0.25) is 0 Å². The van der Waals surface area contributed by atoms with Crippen LogP contribution in [0.5, 0.6) is 5.75 Å². The van der Waals surface area contributed by atoms with Crippen molar-refractivity contribution >= 4 is 0 Å². The molecule has 0 radical (unpaired) electrons. The van der Waals surface area contributed by atoms with Crippen molar-refractivity contribution in [2.45, 2.75) is 26.0 Å². The summed E-state index contributed by atoms with van der Waals surface area (Å²) < 4.78 is 12.8. The highest BCUT2D eigenvalue weighted by atomic mass is 19.1. The summed E-state index contributed by atoms with van der Waals surface area (Å²) in [5.74, 6) is -0.277. The predicted molar refractivity (Wildman–Crippen MR) is 56.1 cm³/mol. The normalized spacial score (nSPS) is 12.7. The third-order valence-corrected chi connectivity index (χ3v) is 2.10. The minimum absolute atomic E-state index is 0.0842. The van der Waals surface area contributed by atoms with Gasteiger partial charge in [-0.1, -0.05) is 0 Å². The lowest BCUT2D eigenvalue weighted by atomic mass is 10.2. The van der Waals surface area contributed by atoms with Crippen LogP contribution in [-0.2, 0) is 6.54 Å². The van der Waals surface area contributed by atoms with Gasteiger partial charge < -0.3 is 15.5 Å². The standard InChI is InChI=1S/C11H16FNO2/c1-8(14)4-5-13-7-9-6-10(12)2-3-11(9)15/h2-3,6,8,13-15H,4-5,7H2,1H3. The van der Waals surface area contributed by atoms with Gasteiger partial charge in [0.2, 0.25) is 0 Å². The van der Waals surface area contributed by atoms with Crippen LogP contribution in [0.4, 0.5) is 4.39 Å². The summed E-state index contributed by atoms with van der Waals surface area (Å²) in [6.07, 6.45) is 0.286. The maximum absolute atomic E-state index is 12.8. The molecule has 0 fully saturated rings. The number of phenols is 1. The first-order valence-electron chi connectivity index (χ1n) is 4.96. The largest absolute Gasteiger partial charge is 0.508 e. The average Bonchev–Trinajstić information content (AvgIpc) is 2.17. The highest BCUT2D eigenvalue weighted by molar-refractivity contribution is 5.32. The second kappa shape index (κ2) is 5.68. The zero-order valence-electron chi connectivity index (χ0n) is 8.70. The van der Waals surface area contributed by atoms with Gasteiger partial charge in [0, 0.05) is 12.1 Å². The van der Waals surface area contributed by atoms with Gasteiger partial charge in [0.05, 0.1) is 6.10 Å². The van der Waals surface area contributed by atoms with Crippen LogP contribution in [-0.4, -0.2) is 22.9 Å². The first-order chi connectivity index (χ1) is 7.09. The SMILES string of the molecule is CC(O)CCNCc1cc(F)ccc1O. The molecule has 1 aromatic rings. The lowest BCUT2D eigenvalue weighted by Crippen LogP contribution is -2.18. The minimum atomic E-state index is -0.361. The van der Waals surface area contributed by atoms with E-state index >= 15 is 0 Å². The minimum Gasteiger partial charge on any atom is -0.508 e. The van der Waals surface area contributed by atoms with Crippen LogP contribution in [0.2, 0.25) is 0 Å². The summed E-state index contributed by atoms with van der Waals surface area (Å²) in [5.41, 5.74) is 0.528. The zero-order chi connectivity index (χ0) is 11.3. The number of aliphatic hydroxyl groups excluding tert-OH is 1. The summed E-state index contributed by atoms with van der Waals surface area (Å²) >= 11 is 0. The van der Waals surface area contributed by atoms with Gasteiger partial charge in [-0.25, -0.2) is 4.39 Å². The molecule has 1 rings (SSSR count). The van der Waals surface area contributed by atoms with Crippen molar-refractivity contribution < 1.29 is 14.6 Å². The third kappa shape index (κ3) is 4.27. The van der Waals surface area contributed by atoms with Crippen molar-refractivity contribution in [3.63, 3.8) is 0 Å². The van der Waals surface area contributed by atoms with Gasteiger partial charge in [0.1, 0.15) is 11.6 Å². The molecule has 0 saturated carbocycles. The molecule has 0 bridgehead atoms. The lowest BCUT2D eigenvalue weighted by molar-refractivity contribution is 0.183. The van der Waals surface area contributed by atoms with Crippen LogP contribution in [0.25, 0.3) is 0 Å². The Balaban J connectivity index is 2.40. The fourth-order valence-corrected chi connectivity index (χ4v) is 1.23. The molecule has 1 unspecified atom stereocenters. The molecule has 0 aromatic heterocycles. The fourth-order valence-electron chi connectivity index (χ4n) is 1.23. The van der Waals surface area contributed by atoms with Gasteiger partial charge in [0.25, 0.3) is 0 Å². The van der Waals surface area contributed by atoms with E-state index < -0.39 is 0 Å². The van der Waals surface area contributed by atoms with E-state index in [4.69, 9.17) is 5.11 Å². The second-order valence-corrected chi connectivity index (χ2v) is 3.59. The molecule has 15 heavy (non-hydrogen) atoms. The van der Waals surface area contributed by atoms with Gasteiger partial charge >= 0.3 is 0 Å². The van der Waals surface area contributed by atoms with E-state index in [1.807, 2.05) is 0 Å². The summed E-state index contributed by atoms with van der Waals surface area (Å²) in [6.45, 7) is 2.74. The quantitative estimate of drug-likeness (QED) is 0.648. The van der Waals surface area contributed by atoms with Crippen molar-refractivity contribution in [3.05, 3.63) is 29.6 Å². The fraction of sp³-hybridized carbons (Fsp3) is 0.455. The summed E-state index contributed by atoms with van der Waals surface area (Å²) in [7, 11) is 0. The molecule has 0 aliphatic rings. The number of benzene rings is 1. The summed E-state index contributed by atoms with van der Waals surface area (Å²) in [6, 6.07) is 3.85. The van der Waals surface area contributed by atoms with Gasteiger partial charge in [-0.05, 0) is 38.1 Å². The van der Waals surface area contributed by atoms with Gasteiger partial charge in [-0.2, -0.15) is 0 Å². The van der Waals surface area contributed by atoms with Crippen LogP contribution in [0.15, 0.2) is 18.2 Å². The maximum Gasteiger partial charge on any atom is 0.123 e. The molecule has 4 heteroatoms. The molecule has 0 aliphatic heterocycles. The Morgan fingerprint density at radius 3 is 2.87 bits per heavy atom. The zero-order valence-corrected chi connectivity index (χ0v) is 8.70. The molecule has 0 heterocycles. The molecule has 0 amide bonds. The number of aliphatic hydroxyl groups is 1. The van der Waals surface area contributed by atoms with E-state index in [0.29, 0.717) is 25.1 Å². The van der Waals surface area contributed by atoms with Gasteiger partial charge in [0.15, 0.2) is 0 Å². The highest BCUT2D eigenvalue weighted by Crippen LogP contribution is 2.17. The van der Waals surface area contributed by atoms with Crippen LogP contribution >= 0.6 is 0 Å². The number of phenolic OH excluding ortho intramolecular Hbond substituents is 1. The summed E-state index contributed by atoms with van der Waals surface area (Å²) in [5, 5.41) is 21.4. The van der Waals surface area contributed by atoms with Crippen molar-refractivity contribution in [3.8, 4) is 5.75 Å². The van der Waals surface area contributed by atoms with E-state index in [1.54, 1.807) is 6.92 Å². The molecule has 0 aliphatic carbocycles. The van der Waals surface area contributed by atoms with Crippen LogP contribution < -0.4 is 5.32 Å². The molecule has 84 valence electrons. The first-order valence-corrected chi connectivity index (χ1v) is 4.96. The first kappa shape index (κ1) is 11.9. The number of hydrogen-bond donors (Lipinski definition) is 3. The highest BCUT2D eigenvalue weighted by Gasteiger charge is 2.02. The number of aromatic hydroxyl groups is 1. The van der Waals surface area contributed by atoms with Crippen molar-refractivity contribution in [2.75, 3.05) is 6.54 Å².